The minimum atomic E-state index is 0.321. The summed E-state index contributed by atoms with van der Waals surface area (Å²) in [6.07, 6.45) is 2.06. The molecule has 1 unspecified atom stereocenters. The van der Waals surface area contributed by atoms with Gasteiger partial charge in [-0.3, -0.25) is 0 Å². The molecule has 0 saturated heterocycles. The van der Waals surface area contributed by atoms with Gasteiger partial charge >= 0.3 is 0 Å². The molecule has 1 atom stereocenters. The van der Waals surface area contributed by atoms with Crippen LogP contribution in [0.5, 0.6) is 11.5 Å². The van der Waals surface area contributed by atoms with Crippen molar-refractivity contribution in [2.24, 2.45) is 0 Å². The van der Waals surface area contributed by atoms with Crippen LogP contribution in [0.3, 0.4) is 0 Å². The van der Waals surface area contributed by atoms with Gasteiger partial charge in [0.2, 0.25) is 0 Å². The molecule has 2 rings (SSSR count). The van der Waals surface area contributed by atoms with E-state index in [9.17, 15) is 5.11 Å². The zero-order valence-corrected chi connectivity index (χ0v) is 12.9. The first-order chi connectivity index (χ1) is 10.1. The van der Waals surface area contributed by atoms with E-state index in [-0.39, 0.29) is 0 Å². The molecule has 0 bridgehead atoms. The van der Waals surface area contributed by atoms with Crippen LogP contribution < -0.4 is 9.64 Å². The molecule has 21 heavy (non-hydrogen) atoms. The van der Waals surface area contributed by atoms with Gasteiger partial charge in [0.15, 0.2) is 0 Å². The molecule has 0 radical (unpaired) electrons. The molecule has 0 aliphatic carbocycles. The van der Waals surface area contributed by atoms with Crippen LogP contribution >= 0.6 is 0 Å². The normalized spacial score (nSPS) is 12.0. The van der Waals surface area contributed by atoms with Gasteiger partial charge in [-0.25, -0.2) is 0 Å². The average molecular weight is 285 g/mol. The molecule has 0 amide bonds. The van der Waals surface area contributed by atoms with Crippen LogP contribution in [0.15, 0.2) is 48.5 Å². The van der Waals surface area contributed by atoms with Gasteiger partial charge in [-0.15, -0.1) is 0 Å². The summed E-state index contributed by atoms with van der Waals surface area (Å²) in [5, 5.41) is 9.30. The predicted molar refractivity (Wildman–Crippen MR) is 87.3 cm³/mol. The summed E-state index contributed by atoms with van der Waals surface area (Å²) in [7, 11) is 3.79. The number of benzene rings is 2. The van der Waals surface area contributed by atoms with Gasteiger partial charge in [-0.1, -0.05) is 12.1 Å². The van der Waals surface area contributed by atoms with E-state index in [1.54, 1.807) is 19.2 Å². The number of ether oxygens (including phenoxy) is 1. The van der Waals surface area contributed by atoms with Crippen LogP contribution in [-0.2, 0) is 6.42 Å². The van der Waals surface area contributed by atoms with E-state index in [0.29, 0.717) is 11.8 Å². The van der Waals surface area contributed by atoms with Gasteiger partial charge in [-0.2, -0.15) is 0 Å². The lowest BCUT2D eigenvalue weighted by Crippen LogP contribution is -2.29. The van der Waals surface area contributed by atoms with Crippen molar-refractivity contribution in [3.05, 3.63) is 54.1 Å². The number of aryl methyl sites for hydroxylation is 1. The van der Waals surface area contributed by atoms with Crippen LogP contribution in [0.25, 0.3) is 0 Å². The molecule has 0 heterocycles. The zero-order chi connectivity index (χ0) is 15.2. The zero-order valence-electron chi connectivity index (χ0n) is 12.9. The van der Waals surface area contributed by atoms with Gasteiger partial charge in [0.1, 0.15) is 11.5 Å². The summed E-state index contributed by atoms with van der Waals surface area (Å²) < 4.78 is 5.19. The van der Waals surface area contributed by atoms with Gasteiger partial charge in [0, 0.05) is 18.8 Å². The molecule has 3 nitrogen and oxygen atoms in total. The van der Waals surface area contributed by atoms with Crippen molar-refractivity contribution in [3.63, 3.8) is 0 Å². The fourth-order valence-electron chi connectivity index (χ4n) is 2.30. The Morgan fingerprint density at radius 3 is 2.24 bits per heavy atom. The summed E-state index contributed by atoms with van der Waals surface area (Å²) >= 11 is 0. The highest BCUT2D eigenvalue weighted by molar-refractivity contribution is 5.49. The van der Waals surface area contributed by atoms with Gasteiger partial charge < -0.3 is 14.7 Å². The highest BCUT2D eigenvalue weighted by Gasteiger charge is 2.10. The van der Waals surface area contributed by atoms with Crippen molar-refractivity contribution >= 4 is 5.69 Å². The number of hydrogen-bond donors (Lipinski definition) is 1. The quantitative estimate of drug-likeness (QED) is 0.875. The number of aromatic hydroxyl groups is 1. The van der Waals surface area contributed by atoms with Crippen molar-refractivity contribution in [3.8, 4) is 11.5 Å². The molecular weight excluding hydrogens is 262 g/mol. The molecule has 0 aromatic heterocycles. The van der Waals surface area contributed by atoms with Crippen LogP contribution in [0.2, 0.25) is 0 Å². The summed E-state index contributed by atoms with van der Waals surface area (Å²) in [5.74, 6) is 1.20. The van der Waals surface area contributed by atoms with Crippen molar-refractivity contribution < 1.29 is 9.84 Å². The molecule has 0 aliphatic rings. The Hall–Kier alpha value is -2.16. The maximum absolute atomic E-state index is 9.30. The first-order valence-electron chi connectivity index (χ1n) is 7.25. The average Bonchev–Trinajstić information content (AvgIpc) is 2.53. The van der Waals surface area contributed by atoms with Crippen LogP contribution in [0, 0.1) is 0 Å². The summed E-state index contributed by atoms with van der Waals surface area (Å²) in [6.45, 7) is 2.23. The van der Waals surface area contributed by atoms with Gasteiger partial charge in [-0.05, 0) is 61.7 Å². The minimum absolute atomic E-state index is 0.321. The smallest absolute Gasteiger partial charge is 0.119 e. The number of rotatable bonds is 6. The minimum Gasteiger partial charge on any atom is -0.508 e. The van der Waals surface area contributed by atoms with Crippen LogP contribution in [-0.4, -0.2) is 25.3 Å². The Morgan fingerprint density at radius 2 is 1.67 bits per heavy atom. The van der Waals surface area contributed by atoms with Crippen LogP contribution in [0.4, 0.5) is 5.69 Å². The molecule has 3 heteroatoms. The van der Waals surface area contributed by atoms with Crippen molar-refractivity contribution in [1.29, 1.82) is 0 Å². The monoisotopic (exact) mass is 285 g/mol. The Balaban J connectivity index is 1.92. The predicted octanol–water partition coefficient (Wildman–Crippen LogP) is 3.86. The second-order valence-corrected chi connectivity index (χ2v) is 5.36. The van der Waals surface area contributed by atoms with E-state index in [1.807, 2.05) is 24.3 Å². The van der Waals surface area contributed by atoms with Crippen molar-refractivity contribution in [2.75, 3.05) is 19.1 Å². The molecule has 2 aromatic rings. The molecule has 1 N–H and O–H groups in total. The molecule has 0 fully saturated rings. The second kappa shape index (κ2) is 7.02. The van der Waals surface area contributed by atoms with E-state index in [0.717, 1.165) is 18.6 Å². The molecule has 0 aliphatic heterocycles. The highest BCUT2D eigenvalue weighted by atomic mass is 16.5. The third-order valence-corrected chi connectivity index (χ3v) is 3.93. The lowest BCUT2D eigenvalue weighted by Gasteiger charge is -2.27. The molecule has 112 valence electrons. The number of nitrogens with zero attached hydrogens (tertiary/aromatic N) is 1. The third-order valence-electron chi connectivity index (χ3n) is 3.93. The standard InChI is InChI=1S/C18H23NO2/c1-14(4-5-15-6-10-17(20)11-7-15)19(2)16-8-12-18(21-3)13-9-16/h6-14,20H,4-5H2,1-3H3. The summed E-state index contributed by atoms with van der Waals surface area (Å²) in [5.41, 5.74) is 2.44. The SMILES string of the molecule is COc1ccc(N(C)C(C)CCc2ccc(O)cc2)cc1. The maximum Gasteiger partial charge on any atom is 0.119 e. The molecule has 2 aromatic carbocycles. The molecule has 0 spiro atoms. The summed E-state index contributed by atoms with van der Waals surface area (Å²) in [6, 6.07) is 16.0. The first kappa shape index (κ1) is 15.2. The maximum atomic E-state index is 9.30. The van der Waals surface area contributed by atoms with Crippen molar-refractivity contribution in [2.45, 2.75) is 25.8 Å². The van der Waals surface area contributed by atoms with Gasteiger partial charge in [0.05, 0.1) is 7.11 Å². The second-order valence-electron chi connectivity index (χ2n) is 5.36. The van der Waals surface area contributed by atoms with E-state index in [4.69, 9.17) is 4.74 Å². The Labute approximate surface area is 126 Å². The van der Waals surface area contributed by atoms with Crippen LogP contribution in [0.1, 0.15) is 18.9 Å². The van der Waals surface area contributed by atoms with E-state index in [2.05, 4.69) is 31.0 Å². The van der Waals surface area contributed by atoms with Crippen molar-refractivity contribution in [1.82, 2.24) is 0 Å². The Kier molecular flexibility index (Phi) is 5.09. The summed E-state index contributed by atoms with van der Waals surface area (Å²) in [4.78, 5) is 2.28. The topological polar surface area (TPSA) is 32.7 Å². The number of phenolic OH excluding ortho intramolecular Hbond substituents is 1. The molecule has 0 saturated carbocycles. The van der Waals surface area contributed by atoms with E-state index < -0.39 is 0 Å². The number of hydrogen-bond acceptors (Lipinski definition) is 3. The fraction of sp³-hybridized carbons (Fsp3) is 0.333. The number of anilines is 1. The Bertz CT molecular complexity index is 548. The lowest BCUT2D eigenvalue weighted by atomic mass is 10.0. The fourth-order valence-corrected chi connectivity index (χ4v) is 2.30. The highest BCUT2D eigenvalue weighted by Crippen LogP contribution is 2.21. The largest absolute Gasteiger partial charge is 0.508 e. The Morgan fingerprint density at radius 1 is 1.05 bits per heavy atom. The number of phenols is 1. The lowest BCUT2D eigenvalue weighted by molar-refractivity contribution is 0.415. The molecular formula is C18H23NO2. The third kappa shape index (κ3) is 4.15. The first-order valence-corrected chi connectivity index (χ1v) is 7.25. The number of methoxy groups -OCH3 is 1. The van der Waals surface area contributed by atoms with E-state index >= 15 is 0 Å². The van der Waals surface area contributed by atoms with Gasteiger partial charge in [0.25, 0.3) is 0 Å². The van der Waals surface area contributed by atoms with E-state index in [1.165, 1.54) is 11.3 Å².